The van der Waals surface area contributed by atoms with Crippen molar-refractivity contribution in [1.29, 1.82) is 0 Å². The second kappa shape index (κ2) is 8.54. The van der Waals surface area contributed by atoms with Gasteiger partial charge in [-0.3, -0.25) is 0 Å². The molecule has 3 heterocycles. The van der Waals surface area contributed by atoms with E-state index in [-0.39, 0.29) is 33.6 Å². The Labute approximate surface area is 205 Å². The maximum atomic E-state index is 13.4. The average Bonchev–Trinajstić information content (AvgIpc) is 3.27. The van der Waals surface area contributed by atoms with E-state index in [1.807, 2.05) is 20.8 Å². The van der Waals surface area contributed by atoms with Crippen LogP contribution in [0.2, 0.25) is 0 Å². The quantitative estimate of drug-likeness (QED) is 0.444. The number of benzene rings is 1. The molecule has 2 aliphatic rings. The number of fused-ring (bicyclic) bond motifs is 1. The molecule has 4 N–H and O–H groups in total. The molecule has 10 nitrogen and oxygen atoms in total. The first-order valence-corrected chi connectivity index (χ1v) is 13.5. The number of alkyl halides is 2. The van der Waals surface area contributed by atoms with Crippen LogP contribution in [-0.2, 0) is 10.0 Å². The van der Waals surface area contributed by atoms with E-state index in [9.17, 15) is 17.2 Å². The molecule has 2 fully saturated rings. The second-order valence-corrected chi connectivity index (χ2v) is 12.2. The van der Waals surface area contributed by atoms with Gasteiger partial charge in [0.25, 0.3) is 6.43 Å². The summed E-state index contributed by atoms with van der Waals surface area (Å²) in [5, 5.41) is 10.9. The van der Waals surface area contributed by atoms with Crippen molar-refractivity contribution in [2.75, 3.05) is 23.7 Å². The Morgan fingerprint density at radius 2 is 1.89 bits per heavy atom. The van der Waals surface area contributed by atoms with E-state index in [4.69, 9.17) is 5.73 Å². The maximum Gasteiger partial charge on any atom is 0.291 e. The van der Waals surface area contributed by atoms with Gasteiger partial charge in [0.15, 0.2) is 10.0 Å². The number of nitrogens with two attached hydrogens (primary N) is 1. The van der Waals surface area contributed by atoms with Crippen molar-refractivity contribution < 1.29 is 17.2 Å². The molecule has 1 saturated carbocycles. The Kier molecular flexibility index (Phi) is 5.89. The summed E-state index contributed by atoms with van der Waals surface area (Å²) >= 11 is 0.686. The van der Waals surface area contributed by atoms with E-state index >= 15 is 0 Å². The molecule has 0 amide bonds. The van der Waals surface area contributed by atoms with Gasteiger partial charge in [-0.15, -0.1) is 10.2 Å². The Bertz CT molecular complexity index is 1380. The van der Waals surface area contributed by atoms with Crippen LogP contribution < -0.4 is 20.7 Å². The zero-order chi connectivity index (χ0) is 25.1. The predicted molar refractivity (Wildman–Crippen MR) is 130 cm³/mol. The number of aromatic nitrogens is 4. The van der Waals surface area contributed by atoms with Gasteiger partial charge in [-0.1, -0.05) is 11.3 Å². The van der Waals surface area contributed by atoms with Crippen molar-refractivity contribution >= 4 is 43.9 Å². The molecular weight excluding hydrogens is 498 g/mol. The first-order valence-electron chi connectivity index (χ1n) is 11.2. The molecule has 0 unspecified atom stereocenters. The van der Waals surface area contributed by atoms with Gasteiger partial charge in [0, 0.05) is 36.1 Å². The molecule has 0 radical (unpaired) electrons. The van der Waals surface area contributed by atoms with E-state index in [1.54, 1.807) is 6.07 Å². The lowest BCUT2D eigenvalue weighted by Crippen LogP contribution is -2.54. The standard InChI is InChI=1S/C21H26F2N8O2S2/c1-10-8-31(9-11(2)25-10)14-7-12(35(32,33)30-21(3)4-5-21)6-13-15(14)26-20(24)27-16(13)18-28-29-19(34-18)17(22)23/h6-7,10-11,17,25,30H,4-5,8-9H2,1-3H3,(H2,24,26,27)/t10-,11-/m0/s1. The van der Waals surface area contributed by atoms with Crippen LogP contribution in [0, 0.1) is 0 Å². The zero-order valence-electron chi connectivity index (χ0n) is 19.4. The number of nitrogen functional groups attached to an aromatic ring is 1. The molecule has 2 atom stereocenters. The Hall–Kier alpha value is -2.55. The van der Waals surface area contributed by atoms with Crippen LogP contribution in [0.4, 0.5) is 20.4 Å². The first-order chi connectivity index (χ1) is 16.4. The van der Waals surface area contributed by atoms with Crippen molar-refractivity contribution in [3.05, 3.63) is 17.1 Å². The van der Waals surface area contributed by atoms with Crippen LogP contribution >= 0.6 is 11.3 Å². The van der Waals surface area contributed by atoms with Gasteiger partial charge in [0.2, 0.25) is 16.0 Å². The van der Waals surface area contributed by atoms with Gasteiger partial charge >= 0.3 is 0 Å². The Morgan fingerprint density at radius 3 is 2.49 bits per heavy atom. The highest BCUT2D eigenvalue weighted by molar-refractivity contribution is 7.89. The maximum absolute atomic E-state index is 13.4. The fraction of sp³-hybridized carbons (Fsp3) is 0.524. The van der Waals surface area contributed by atoms with E-state index in [1.165, 1.54) is 6.07 Å². The number of hydrogen-bond donors (Lipinski definition) is 3. The highest BCUT2D eigenvalue weighted by Gasteiger charge is 2.41. The highest BCUT2D eigenvalue weighted by atomic mass is 32.2. The van der Waals surface area contributed by atoms with E-state index in [2.05, 4.69) is 35.1 Å². The molecule has 1 saturated heterocycles. The molecule has 2 aromatic heterocycles. The third-order valence-corrected chi connectivity index (χ3v) is 8.75. The molecule has 3 aromatic rings. The van der Waals surface area contributed by atoms with Gasteiger partial charge < -0.3 is 16.0 Å². The monoisotopic (exact) mass is 524 g/mol. The van der Waals surface area contributed by atoms with Gasteiger partial charge in [-0.25, -0.2) is 31.9 Å². The van der Waals surface area contributed by atoms with Crippen LogP contribution in [-0.4, -0.2) is 59.3 Å². The molecule has 5 rings (SSSR count). The largest absolute Gasteiger partial charge is 0.368 e. The van der Waals surface area contributed by atoms with Gasteiger partial charge in [-0.2, -0.15) is 0 Å². The van der Waals surface area contributed by atoms with Crippen LogP contribution in [0.15, 0.2) is 17.0 Å². The van der Waals surface area contributed by atoms with Crippen molar-refractivity contribution in [2.24, 2.45) is 0 Å². The summed E-state index contributed by atoms with van der Waals surface area (Å²) in [5.74, 6) is -0.0713. The fourth-order valence-corrected chi connectivity index (χ4v) is 6.59. The minimum Gasteiger partial charge on any atom is -0.368 e. The van der Waals surface area contributed by atoms with Crippen LogP contribution in [0.3, 0.4) is 0 Å². The summed E-state index contributed by atoms with van der Waals surface area (Å²) in [4.78, 5) is 10.8. The number of piperazine rings is 1. The van der Waals surface area contributed by atoms with Crippen molar-refractivity contribution in [1.82, 2.24) is 30.2 Å². The zero-order valence-corrected chi connectivity index (χ0v) is 21.1. The van der Waals surface area contributed by atoms with Crippen molar-refractivity contribution in [3.63, 3.8) is 0 Å². The molecule has 188 valence electrons. The van der Waals surface area contributed by atoms with Crippen LogP contribution in [0.5, 0.6) is 0 Å². The SMILES string of the molecule is C[C@H]1CN(c2cc(S(=O)(=O)NC3(C)CC3)cc3c(-c4nnc(C(F)F)s4)nc(N)nc23)C[C@H](C)N1. The molecule has 1 aliphatic carbocycles. The number of rotatable bonds is 6. The number of halogens is 2. The van der Waals surface area contributed by atoms with Gasteiger partial charge in [0.05, 0.1) is 16.1 Å². The van der Waals surface area contributed by atoms with Crippen LogP contribution in [0.25, 0.3) is 21.6 Å². The second-order valence-electron chi connectivity index (χ2n) is 9.56. The summed E-state index contributed by atoms with van der Waals surface area (Å²) in [6.07, 6.45) is -1.28. The molecule has 1 aliphatic heterocycles. The number of nitrogens with zero attached hydrogens (tertiary/aromatic N) is 5. The lowest BCUT2D eigenvalue weighted by Gasteiger charge is -2.38. The minimum atomic E-state index is -3.88. The summed E-state index contributed by atoms with van der Waals surface area (Å²) in [6, 6.07) is 3.35. The molecule has 1 aromatic carbocycles. The average molecular weight is 525 g/mol. The van der Waals surface area contributed by atoms with Crippen molar-refractivity contribution in [2.45, 2.75) is 62.6 Å². The van der Waals surface area contributed by atoms with Gasteiger partial charge in [0.1, 0.15) is 5.69 Å². The van der Waals surface area contributed by atoms with Gasteiger partial charge in [-0.05, 0) is 45.7 Å². The lowest BCUT2D eigenvalue weighted by atomic mass is 10.1. The summed E-state index contributed by atoms with van der Waals surface area (Å²) in [5.41, 5.74) is 6.73. The Morgan fingerprint density at radius 1 is 1.20 bits per heavy atom. The molecule has 35 heavy (non-hydrogen) atoms. The van der Waals surface area contributed by atoms with E-state index < -0.39 is 27.0 Å². The predicted octanol–water partition coefficient (Wildman–Crippen LogP) is 2.69. The molecule has 14 heteroatoms. The first kappa shape index (κ1) is 24.2. The number of sulfonamides is 1. The van der Waals surface area contributed by atoms with Crippen LogP contribution in [0.1, 0.15) is 45.0 Å². The number of hydrogen-bond acceptors (Lipinski definition) is 10. The third-order valence-electron chi connectivity index (χ3n) is 6.19. The fourth-order valence-electron chi connectivity index (χ4n) is 4.38. The number of anilines is 2. The summed E-state index contributed by atoms with van der Waals surface area (Å²) < 4.78 is 55.9. The summed E-state index contributed by atoms with van der Waals surface area (Å²) in [6.45, 7) is 7.17. The molecule has 0 bridgehead atoms. The highest BCUT2D eigenvalue weighted by Crippen LogP contribution is 2.40. The lowest BCUT2D eigenvalue weighted by molar-refractivity contribution is 0.150. The normalized spacial score (nSPS) is 22.2. The third kappa shape index (κ3) is 4.79. The van der Waals surface area contributed by atoms with E-state index in [0.29, 0.717) is 41.0 Å². The Balaban J connectivity index is 1.74. The van der Waals surface area contributed by atoms with Crippen molar-refractivity contribution in [3.8, 4) is 10.7 Å². The minimum absolute atomic E-state index is 0.0418. The topological polar surface area (TPSA) is 139 Å². The molecular formula is C21H26F2N8O2S2. The van der Waals surface area contributed by atoms with E-state index in [0.717, 1.165) is 12.8 Å². The molecule has 0 spiro atoms. The number of nitrogens with one attached hydrogen (secondary N) is 2. The summed E-state index contributed by atoms with van der Waals surface area (Å²) in [7, 11) is -3.88. The smallest absolute Gasteiger partial charge is 0.291 e.